The quantitative estimate of drug-likeness (QED) is 0.612. The van der Waals surface area contributed by atoms with E-state index < -0.39 is 11.9 Å². The highest BCUT2D eigenvalue weighted by Gasteiger charge is 2.16. The number of phenolic OH excluding ortho intramolecular Hbond substituents is 1. The van der Waals surface area contributed by atoms with Crippen molar-refractivity contribution in [3.05, 3.63) is 83.8 Å². The predicted octanol–water partition coefficient (Wildman–Crippen LogP) is 3.51. The zero-order valence-corrected chi connectivity index (χ0v) is 13.5. The summed E-state index contributed by atoms with van der Waals surface area (Å²) in [6, 6.07) is 18.5. The van der Waals surface area contributed by atoms with Gasteiger partial charge in [-0.25, -0.2) is 4.79 Å². The molecule has 0 fully saturated rings. The molecule has 1 heterocycles. The van der Waals surface area contributed by atoms with E-state index in [1.54, 1.807) is 24.3 Å². The van der Waals surface area contributed by atoms with Gasteiger partial charge in [0.05, 0.1) is 5.56 Å². The second-order valence-electron chi connectivity index (χ2n) is 5.40. The van der Waals surface area contributed by atoms with Crippen LogP contribution in [0.4, 0.5) is 0 Å². The molecule has 6 heteroatoms. The van der Waals surface area contributed by atoms with Crippen molar-refractivity contribution in [2.24, 2.45) is 0 Å². The van der Waals surface area contributed by atoms with Crippen molar-refractivity contribution in [2.45, 2.75) is 0 Å². The molecule has 0 saturated heterocycles. The Bertz CT molecular complexity index is 973. The smallest absolute Gasteiger partial charge is 0.352 e. The number of carboxylic acids is 1. The van der Waals surface area contributed by atoms with E-state index in [1.807, 2.05) is 30.3 Å². The zero-order chi connectivity index (χ0) is 18.5. The number of carbonyl (C=O) groups excluding carboxylic acids is 1. The maximum absolute atomic E-state index is 12.2. The number of carboxylic acid groups (broad SMARTS) is 1. The molecule has 0 spiro atoms. The van der Waals surface area contributed by atoms with Gasteiger partial charge in [-0.2, -0.15) is 0 Å². The molecule has 3 N–H and O–H groups in total. The number of amides is 1. The molecule has 0 atom stereocenters. The standard InChI is InChI=1S/C20H15NO5/c22-17-9-5-4-8-15(17)19(23)21-16(20(24)25)12-14-10-11-18(26-14)13-6-2-1-3-7-13/h1-12,22H,(H,21,23)(H,24,25)/b16-12-. The molecular formula is C20H15NO5. The van der Waals surface area contributed by atoms with Crippen molar-refractivity contribution in [3.8, 4) is 17.1 Å². The summed E-state index contributed by atoms with van der Waals surface area (Å²) in [6.07, 6.45) is 1.21. The first-order chi connectivity index (χ1) is 12.5. The number of carbonyl (C=O) groups is 2. The lowest BCUT2D eigenvalue weighted by Gasteiger charge is -2.07. The van der Waals surface area contributed by atoms with E-state index in [-0.39, 0.29) is 22.8 Å². The van der Waals surface area contributed by atoms with Crippen LogP contribution >= 0.6 is 0 Å². The molecule has 3 aromatic rings. The zero-order valence-electron chi connectivity index (χ0n) is 13.5. The Kier molecular flexibility index (Phi) is 4.85. The highest BCUT2D eigenvalue weighted by molar-refractivity contribution is 6.03. The Balaban J connectivity index is 1.84. The Morgan fingerprint density at radius 3 is 2.31 bits per heavy atom. The van der Waals surface area contributed by atoms with Crippen LogP contribution in [0.15, 0.2) is 76.8 Å². The van der Waals surface area contributed by atoms with Crippen molar-refractivity contribution in [2.75, 3.05) is 0 Å². The lowest BCUT2D eigenvalue weighted by molar-refractivity contribution is -0.132. The lowest BCUT2D eigenvalue weighted by Crippen LogP contribution is -2.27. The number of rotatable bonds is 5. The van der Waals surface area contributed by atoms with Gasteiger partial charge in [0.25, 0.3) is 5.91 Å². The molecule has 0 bridgehead atoms. The van der Waals surface area contributed by atoms with Gasteiger partial charge in [-0.05, 0) is 24.3 Å². The van der Waals surface area contributed by atoms with Gasteiger partial charge in [0.2, 0.25) is 0 Å². The van der Waals surface area contributed by atoms with Gasteiger partial charge in [0.15, 0.2) is 0 Å². The van der Waals surface area contributed by atoms with E-state index in [0.717, 1.165) is 5.56 Å². The number of furan rings is 1. The van der Waals surface area contributed by atoms with E-state index in [4.69, 9.17) is 4.42 Å². The number of aliphatic carboxylic acids is 1. The summed E-state index contributed by atoms with van der Waals surface area (Å²) in [6.45, 7) is 0. The normalized spacial score (nSPS) is 11.2. The van der Waals surface area contributed by atoms with Crippen LogP contribution in [0, 0.1) is 0 Å². The first kappa shape index (κ1) is 17.0. The topological polar surface area (TPSA) is 99.8 Å². The van der Waals surface area contributed by atoms with E-state index in [0.29, 0.717) is 5.76 Å². The summed E-state index contributed by atoms with van der Waals surface area (Å²) in [5.74, 6) is -1.44. The molecule has 130 valence electrons. The fourth-order valence-corrected chi connectivity index (χ4v) is 2.34. The third kappa shape index (κ3) is 3.81. The second kappa shape index (κ2) is 7.40. The highest BCUT2D eigenvalue weighted by atomic mass is 16.4. The number of phenols is 1. The lowest BCUT2D eigenvalue weighted by atomic mass is 10.2. The number of para-hydroxylation sites is 1. The van der Waals surface area contributed by atoms with E-state index in [9.17, 15) is 19.8 Å². The first-order valence-corrected chi connectivity index (χ1v) is 7.74. The van der Waals surface area contributed by atoms with E-state index >= 15 is 0 Å². The van der Waals surface area contributed by atoms with Crippen LogP contribution in [0.25, 0.3) is 17.4 Å². The van der Waals surface area contributed by atoms with Crippen LogP contribution in [0.1, 0.15) is 16.1 Å². The SMILES string of the molecule is O=C(O)/C(=C/c1ccc(-c2ccccc2)o1)NC(=O)c1ccccc1O. The summed E-state index contributed by atoms with van der Waals surface area (Å²) >= 11 is 0. The van der Waals surface area contributed by atoms with Crippen LogP contribution in [-0.4, -0.2) is 22.1 Å². The molecule has 0 unspecified atom stereocenters. The van der Waals surface area contributed by atoms with Crippen LogP contribution in [0.5, 0.6) is 5.75 Å². The Labute approximate surface area is 149 Å². The molecule has 0 aliphatic rings. The number of hydrogen-bond donors (Lipinski definition) is 3. The maximum atomic E-state index is 12.2. The molecule has 1 aromatic heterocycles. The van der Waals surface area contributed by atoms with Gasteiger partial charge >= 0.3 is 5.97 Å². The largest absolute Gasteiger partial charge is 0.507 e. The number of benzene rings is 2. The minimum atomic E-state index is -1.33. The molecule has 0 saturated carbocycles. The van der Waals surface area contributed by atoms with Gasteiger partial charge in [-0.15, -0.1) is 0 Å². The van der Waals surface area contributed by atoms with Gasteiger partial charge in [0, 0.05) is 11.6 Å². The van der Waals surface area contributed by atoms with Crippen molar-refractivity contribution in [3.63, 3.8) is 0 Å². The number of aromatic hydroxyl groups is 1. The summed E-state index contributed by atoms with van der Waals surface area (Å²) in [5.41, 5.74) is 0.457. The predicted molar refractivity (Wildman–Crippen MR) is 95.3 cm³/mol. The minimum absolute atomic E-state index is 0.0240. The summed E-state index contributed by atoms with van der Waals surface area (Å²) in [7, 11) is 0. The molecule has 6 nitrogen and oxygen atoms in total. The van der Waals surface area contributed by atoms with Crippen molar-refractivity contribution < 1.29 is 24.2 Å². The summed E-state index contributed by atoms with van der Waals surface area (Å²) in [4.78, 5) is 23.6. The average molecular weight is 349 g/mol. The molecule has 0 aliphatic heterocycles. The molecule has 2 aromatic carbocycles. The van der Waals surface area contributed by atoms with Crippen molar-refractivity contribution in [1.29, 1.82) is 0 Å². The van der Waals surface area contributed by atoms with Gasteiger partial charge < -0.3 is 19.9 Å². The second-order valence-corrected chi connectivity index (χ2v) is 5.40. The van der Waals surface area contributed by atoms with Crippen LogP contribution in [0.2, 0.25) is 0 Å². The molecule has 0 radical (unpaired) electrons. The molecule has 0 aliphatic carbocycles. The van der Waals surface area contributed by atoms with Crippen LogP contribution in [0.3, 0.4) is 0 Å². The minimum Gasteiger partial charge on any atom is -0.507 e. The van der Waals surface area contributed by atoms with Crippen LogP contribution in [-0.2, 0) is 4.79 Å². The third-order valence-corrected chi connectivity index (χ3v) is 3.60. The Hall–Kier alpha value is -3.80. The maximum Gasteiger partial charge on any atom is 0.352 e. The Morgan fingerprint density at radius 1 is 0.923 bits per heavy atom. The Morgan fingerprint density at radius 2 is 1.62 bits per heavy atom. The number of hydrogen-bond acceptors (Lipinski definition) is 4. The summed E-state index contributed by atoms with van der Waals surface area (Å²) < 4.78 is 5.62. The van der Waals surface area contributed by atoms with E-state index in [1.165, 1.54) is 18.2 Å². The average Bonchev–Trinajstić information content (AvgIpc) is 3.11. The molecule has 3 rings (SSSR count). The van der Waals surface area contributed by atoms with Crippen LogP contribution < -0.4 is 5.32 Å². The van der Waals surface area contributed by atoms with Gasteiger partial charge in [0.1, 0.15) is 23.0 Å². The van der Waals surface area contributed by atoms with E-state index in [2.05, 4.69) is 5.32 Å². The summed E-state index contributed by atoms with van der Waals surface area (Å²) in [5, 5.41) is 21.3. The molecule has 26 heavy (non-hydrogen) atoms. The molecular weight excluding hydrogens is 334 g/mol. The monoisotopic (exact) mass is 349 g/mol. The van der Waals surface area contributed by atoms with Gasteiger partial charge in [-0.3, -0.25) is 4.79 Å². The van der Waals surface area contributed by atoms with Crippen molar-refractivity contribution in [1.82, 2.24) is 5.32 Å². The third-order valence-electron chi connectivity index (χ3n) is 3.60. The molecule has 1 amide bonds. The number of nitrogens with one attached hydrogen (secondary N) is 1. The fourth-order valence-electron chi connectivity index (χ4n) is 2.34. The van der Waals surface area contributed by atoms with Crippen molar-refractivity contribution >= 4 is 18.0 Å². The highest BCUT2D eigenvalue weighted by Crippen LogP contribution is 2.23. The fraction of sp³-hybridized carbons (Fsp3) is 0. The first-order valence-electron chi connectivity index (χ1n) is 7.74. The van der Waals surface area contributed by atoms with Gasteiger partial charge in [-0.1, -0.05) is 42.5 Å².